The maximum atomic E-state index is 13.1. The van der Waals surface area contributed by atoms with E-state index in [2.05, 4.69) is 25.3 Å². The van der Waals surface area contributed by atoms with Crippen molar-refractivity contribution in [2.45, 2.75) is 19.6 Å². The molecule has 0 spiro atoms. The summed E-state index contributed by atoms with van der Waals surface area (Å²) in [7, 11) is 3.44. The predicted octanol–water partition coefficient (Wildman–Crippen LogP) is 2.82. The monoisotopic (exact) mass is 517 g/mol. The number of nitrogens with one attached hydrogen (secondary N) is 1. The summed E-state index contributed by atoms with van der Waals surface area (Å²) < 4.78 is 23.8. The van der Waals surface area contributed by atoms with E-state index in [0.717, 1.165) is 55.7 Å². The molecule has 1 aliphatic heterocycles. The van der Waals surface area contributed by atoms with Gasteiger partial charge in [0.15, 0.2) is 5.96 Å². The van der Waals surface area contributed by atoms with E-state index in [1.54, 1.807) is 26.3 Å². The number of methoxy groups -OCH3 is 1. The van der Waals surface area contributed by atoms with Crippen molar-refractivity contribution >= 4 is 29.9 Å². The second-order valence-corrected chi connectivity index (χ2v) is 6.90. The number of benzene rings is 1. The van der Waals surface area contributed by atoms with E-state index in [1.807, 2.05) is 13.0 Å². The van der Waals surface area contributed by atoms with Gasteiger partial charge in [-0.2, -0.15) is 0 Å². The summed E-state index contributed by atoms with van der Waals surface area (Å²) >= 11 is 0. The number of ether oxygens (including phenoxy) is 1. The Kier molecular flexibility index (Phi) is 9.31. The number of aryl methyl sites for hydroxylation is 1. The maximum Gasteiger partial charge on any atom is 0.193 e. The molecule has 3 rings (SSSR count). The first-order chi connectivity index (χ1) is 13.6. The van der Waals surface area contributed by atoms with Crippen LogP contribution in [0.1, 0.15) is 23.1 Å². The largest absolute Gasteiger partial charge is 0.375 e. The topological polar surface area (TPSA) is 66.1 Å². The van der Waals surface area contributed by atoms with Crippen LogP contribution >= 0.6 is 24.0 Å². The summed E-state index contributed by atoms with van der Waals surface area (Å²) in [5.74, 6) is 1.44. The van der Waals surface area contributed by atoms with Gasteiger partial charge in [-0.05, 0) is 24.6 Å². The van der Waals surface area contributed by atoms with Crippen LogP contribution in [0, 0.1) is 12.7 Å². The fourth-order valence-corrected chi connectivity index (χ4v) is 3.37. The molecular weight excluding hydrogens is 488 g/mol. The summed E-state index contributed by atoms with van der Waals surface area (Å²) in [4.78, 5) is 9.00. The van der Waals surface area contributed by atoms with Gasteiger partial charge in [0.2, 0.25) is 0 Å². The standard InChI is InChI=1S/C20H28FN5O2.HI/c1-15-12-18(24-28-15)14-25-8-10-26(11-9-25)20(22-2)23-13-19(27-3)16-4-6-17(21)7-5-16;/h4-7,12,19H,8-11,13-14H2,1-3H3,(H,22,23);1H. The maximum absolute atomic E-state index is 13.1. The Morgan fingerprint density at radius 1 is 1.28 bits per heavy atom. The first-order valence-corrected chi connectivity index (χ1v) is 9.47. The third-order valence-electron chi connectivity index (χ3n) is 4.92. The molecule has 0 bridgehead atoms. The predicted molar refractivity (Wildman–Crippen MR) is 121 cm³/mol. The molecule has 0 amide bonds. The number of nitrogens with zero attached hydrogens (tertiary/aromatic N) is 4. The first kappa shape index (κ1) is 23.6. The highest BCUT2D eigenvalue weighted by atomic mass is 127. The molecule has 1 fully saturated rings. The Labute approximate surface area is 188 Å². The molecule has 1 atom stereocenters. The summed E-state index contributed by atoms with van der Waals surface area (Å²) in [5, 5.41) is 7.45. The van der Waals surface area contributed by atoms with E-state index >= 15 is 0 Å². The highest BCUT2D eigenvalue weighted by Gasteiger charge is 2.21. The van der Waals surface area contributed by atoms with E-state index in [0.29, 0.717) is 6.54 Å². The molecule has 0 aliphatic carbocycles. The number of aromatic nitrogens is 1. The Morgan fingerprint density at radius 3 is 2.52 bits per heavy atom. The highest BCUT2D eigenvalue weighted by molar-refractivity contribution is 14.0. The molecule has 1 aromatic heterocycles. The van der Waals surface area contributed by atoms with Gasteiger partial charge in [-0.25, -0.2) is 4.39 Å². The Bertz CT molecular complexity index is 775. The van der Waals surface area contributed by atoms with Crippen LogP contribution in [-0.2, 0) is 11.3 Å². The lowest BCUT2D eigenvalue weighted by Gasteiger charge is -2.36. The van der Waals surface area contributed by atoms with Gasteiger partial charge >= 0.3 is 0 Å². The van der Waals surface area contributed by atoms with Crippen LogP contribution in [0.25, 0.3) is 0 Å². The number of guanidine groups is 1. The first-order valence-electron chi connectivity index (χ1n) is 9.47. The van der Waals surface area contributed by atoms with Crippen molar-refractivity contribution in [3.63, 3.8) is 0 Å². The fraction of sp³-hybridized carbons (Fsp3) is 0.500. The molecule has 29 heavy (non-hydrogen) atoms. The number of halogens is 2. The highest BCUT2D eigenvalue weighted by Crippen LogP contribution is 2.16. The number of aliphatic imine (C=N–C) groups is 1. The van der Waals surface area contributed by atoms with E-state index in [1.165, 1.54) is 12.1 Å². The Hall–Kier alpha value is -1.72. The van der Waals surface area contributed by atoms with Crippen LogP contribution in [0.15, 0.2) is 39.8 Å². The van der Waals surface area contributed by atoms with Crippen molar-refractivity contribution in [1.82, 2.24) is 20.3 Å². The van der Waals surface area contributed by atoms with E-state index in [-0.39, 0.29) is 35.9 Å². The number of hydrogen-bond donors (Lipinski definition) is 1. The second kappa shape index (κ2) is 11.5. The van der Waals surface area contributed by atoms with Gasteiger partial charge < -0.3 is 19.5 Å². The average molecular weight is 517 g/mol. The number of rotatable bonds is 6. The van der Waals surface area contributed by atoms with Crippen LogP contribution in [-0.4, -0.2) is 67.8 Å². The molecule has 1 unspecified atom stereocenters. The third-order valence-corrected chi connectivity index (χ3v) is 4.92. The van der Waals surface area contributed by atoms with Crippen molar-refractivity contribution < 1.29 is 13.7 Å². The van der Waals surface area contributed by atoms with Gasteiger partial charge in [0, 0.05) is 59.5 Å². The summed E-state index contributed by atoms with van der Waals surface area (Å²) in [6, 6.07) is 8.38. The number of hydrogen-bond acceptors (Lipinski definition) is 5. The van der Waals surface area contributed by atoms with Crippen LogP contribution in [0.4, 0.5) is 4.39 Å². The third kappa shape index (κ3) is 6.65. The van der Waals surface area contributed by atoms with Crippen molar-refractivity contribution in [1.29, 1.82) is 0 Å². The zero-order valence-corrected chi connectivity index (χ0v) is 19.4. The van der Waals surface area contributed by atoms with Crippen molar-refractivity contribution in [2.24, 2.45) is 4.99 Å². The summed E-state index contributed by atoms with van der Waals surface area (Å²) in [6.07, 6.45) is -0.172. The van der Waals surface area contributed by atoms with Crippen LogP contribution < -0.4 is 5.32 Å². The SMILES string of the molecule is CN=C(NCC(OC)c1ccc(F)cc1)N1CCN(Cc2cc(C)on2)CC1.I. The minimum absolute atomic E-state index is 0. The zero-order valence-electron chi connectivity index (χ0n) is 17.1. The smallest absolute Gasteiger partial charge is 0.193 e. The minimum atomic E-state index is -0.249. The Morgan fingerprint density at radius 2 is 1.97 bits per heavy atom. The van der Waals surface area contributed by atoms with E-state index in [4.69, 9.17) is 9.26 Å². The molecule has 1 aliphatic rings. The number of piperazine rings is 1. The van der Waals surface area contributed by atoms with Gasteiger partial charge in [0.05, 0.1) is 11.8 Å². The van der Waals surface area contributed by atoms with Gasteiger partial charge in [-0.1, -0.05) is 17.3 Å². The van der Waals surface area contributed by atoms with Gasteiger partial charge in [0.1, 0.15) is 11.6 Å². The van der Waals surface area contributed by atoms with Crippen LogP contribution in [0.3, 0.4) is 0 Å². The molecule has 2 heterocycles. The normalized spacial score (nSPS) is 16.4. The lowest BCUT2D eigenvalue weighted by Crippen LogP contribution is -2.52. The molecule has 1 aromatic carbocycles. The average Bonchev–Trinajstić information content (AvgIpc) is 3.12. The summed E-state index contributed by atoms with van der Waals surface area (Å²) in [5.41, 5.74) is 1.90. The van der Waals surface area contributed by atoms with Gasteiger partial charge in [-0.15, -0.1) is 24.0 Å². The molecule has 0 radical (unpaired) electrons. The molecule has 1 saturated heterocycles. The van der Waals surface area contributed by atoms with E-state index in [9.17, 15) is 4.39 Å². The lowest BCUT2D eigenvalue weighted by atomic mass is 10.1. The molecule has 2 aromatic rings. The van der Waals surface area contributed by atoms with Crippen molar-refractivity contribution in [2.75, 3.05) is 46.9 Å². The molecule has 1 N–H and O–H groups in total. The molecule has 9 heteroatoms. The zero-order chi connectivity index (χ0) is 19.9. The van der Waals surface area contributed by atoms with Crippen molar-refractivity contribution in [3.05, 3.63) is 53.2 Å². The quantitative estimate of drug-likeness (QED) is 0.361. The van der Waals surface area contributed by atoms with Crippen LogP contribution in [0.5, 0.6) is 0 Å². The Balaban J connectivity index is 0.00000300. The van der Waals surface area contributed by atoms with E-state index < -0.39 is 0 Å². The van der Waals surface area contributed by atoms with Gasteiger partial charge in [0.25, 0.3) is 0 Å². The second-order valence-electron chi connectivity index (χ2n) is 6.90. The lowest BCUT2D eigenvalue weighted by molar-refractivity contribution is 0.104. The molecule has 160 valence electrons. The molecular formula is C20H29FIN5O2. The summed E-state index contributed by atoms with van der Waals surface area (Å²) in [6.45, 7) is 6.88. The molecule has 0 saturated carbocycles. The van der Waals surface area contributed by atoms with Crippen molar-refractivity contribution in [3.8, 4) is 0 Å². The van der Waals surface area contributed by atoms with Gasteiger partial charge in [-0.3, -0.25) is 9.89 Å². The van der Waals surface area contributed by atoms with Crippen LogP contribution in [0.2, 0.25) is 0 Å². The molecule has 7 nitrogen and oxygen atoms in total. The minimum Gasteiger partial charge on any atom is -0.375 e. The fourth-order valence-electron chi connectivity index (χ4n) is 3.37.